The first kappa shape index (κ1) is 25.3. The normalized spacial score (nSPS) is 15.5. The molecule has 190 valence electrons. The standard InChI is InChI=1S/C24H27N5O6S/c1-2-18(22(31)23-27-19-10-6-7-11-20(19)35-23)26-21(30)16-25-24(29-12-14-34-15-13-29)28-36(32,33)17-8-4-3-5-9-17/h3-11,18H,2,12-16H2,1H3,(H,25,28)(H,26,30)/t18-/m0/s1. The second-order valence-electron chi connectivity index (χ2n) is 8.04. The van der Waals surface area contributed by atoms with Gasteiger partial charge in [-0.25, -0.2) is 4.98 Å². The molecule has 3 aromatic rings. The number of Topliss-reactive ketones (excluding diaryl/α,β-unsaturated/α-hetero) is 1. The lowest BCUT2D eigenvalue weighted by molar-refractivity contribution is -0.120. The molecule has 11 nitrogen and oxygen atoms in total. The van der Waals surface area contributed by atoms with Crippen molar-refractivity contribution >= 4 is 38.8 Å². The monoisotopic (exact) mass is 513 g/mol. The third kappa shape index (κ3) is 6.07. The zero-order valence-electron chi connectivity index (χ0n) is 19.7. The first-order valence-electron chi connectivity index (χ1n) is 11.5. The van der Waals surface area contributed by atoms with Crippen LogP contribution in [0, 0.1) is 0 Å². The van der Waals surface area contributed by atoms with Gasteiger partial charge in [-0.2, -0.15) is 8.42 Å². The molecular formula is C24H27N5O6S. The Kier molecular flexibility index (Phi) is 7.96. The number of morpholine rings is 1. The second-order valence-corrected chi connectivity index (χ2v) is 9.64. The predicted octanol–water partition coefficient (Wildman–Crippen LogP) is 1.57. The maximum Gasteiger partial charge on any atom is 0.285 e. The van der Waals surface area contributed by atoms with Crippen LogP contribution in [-0.2, 0) is 19.6 Å². The van der Waals surface area contributed by atoms with E-state index in [1.165, 1.54) is 12.1 Å². The summed E-state index contributed by atoms with van der Waals surface area (Å²) in [4.78, 5) is 31.6. The number of rotatable bonds is 8. The average Bonchev–Trinajstić information content (AvgIpc) is 3.35. The molecule has 0 bridgehead atoms. The number of nitrogens with zero attached hydrogens (tertiary/aromatic N) is 3. The van der Waals surface area contributed by atoms with E-state index in [9.17, 15) is 18.0 Å². The van der Waals surface area contributed by atoms with Crippen molar-refractivity contribution in [3.05, 3.63) is 60.5 Å². The fraction of sp³-hybridized carbons (Fsp3) is 0.333. The highest BCUT2D eigenvalue weighted by molar-refractivity contribution is 7.90. The molecule has 12 heteroatoms. The molecule has 36 heavy (non-hydrogen) atoms. The Morgan fingerprint density at radius 2 is 1.78 bits per heavy atom. The fourth-order valence-electron chi connectivity index (χ4n) is 3.62. The molecule has 0 spiro atoms. The van der Waals surface area contributed by atoms with Gasteiger partial charge in [0.05, 0.1) is 30.7 Å². The van der Waals surface area contributed by atoms with E-state index in [1.807, 2.05) is 0 Å². The zero-order valence-corrected chi connectivity index (χ0v) is 20.5. The van der Waals surface area contributed by atoms with E-state index in [2.05, 4.69) is 20.0 Å². The molecular weight excluding hydrogens is 486 g/mol. The van der Waals surface area contributed by atoms with Crippen molar-refractivity contribution in [2.24, 2.45) is 4.40 Å². The van der Waals surface area contributed by atoms with Crippen LogP contribution in [0.15, 0.2) is 68.3 Å². The lowest BCUT2D eigenvalue weighted by Crippen LogP contribution is -2.51. The number of fused-ring (bicyclic) bond motifs is 1. The van der Waals surface area contributed by atoms with Crippen molar-refractivity contribution in [1.29, 1.82) is 0 Å². The van der Waals surface area contributed by atoms with E-state index in [-0.39, 0.29) is 23.3 Å². The minimum Gasteiger partial charge on any atom is -0.434 e. The second kappa shape index (κ2) is 11.3. The maximum absolute atomic E-state index is 12.9. The fourth-order valence-corrected chi connectivity index (χ4v) is 4.63. The molecule has 1 aliphatic heterocycles. The Balaban J connectivity index is 1.45. The summed E-state index contributed by atoms with van der Waals surface area (Å²) in [5, 5.41) is 5.49. The van der Waals surface area contributed by atoms with Gasteiger partial charge in [0.25, 0.3) is 15.9 Å². The van der Waals surface area contributed by atoms with Crippen molar-refractivity contribution in [1.82, 2.24) is 20.5 Å². The molecule has 2 aromatic carbocycles. The van der Waals surface area contributed by atoms with Crippen molar-refractivity contribution in [2.75, 3.05) is 32.8 Å². The molecule has 0 radical (unpaired) electrons. The summed E-state index contributed by atoms with van der Waals surface area (Å²) >= 11 is 0. The molecule has 1 amide bonds. The number of hydrogen-bond acceptors (Lipinski definition) is 7. The molecule has 0 unspecified atom stereocenters. The summed E-state index contributed by atoms with van der Waals surface area (Å²) in [6.07, 6.45) is 0.316. The quantitative estimate of drug-likeness (QED) is 0.261. The first-order chi connectivity index (χ1) is 17.4. The molecule has 1 fully saturated rings. The number of carbonyl (C=O) groups excluding carboxylic acids is 2. The highest BCUT2D eigenvalue weighted by Crippen LogP contribution is 2.16. The van der Waals surface area contributed by atoms with E-state index >= 15 is 0 Å². The van der Waals surface area contributed by atoms with Gasteiger partial charge in [0, 0.05) is 13.1 Å². The van der Waals surface area contributed by atoms with Gasteiger partial charge >= 0.3 is 0 Å². The first-order valence-corrected chi connectivity index (χ1v) is 13.0. The van der Waals surface area contributed by atoms with Crippen LogP contribution in [0.1, 0.15) is 24.0 Å². The molecule has 1 atom stereocenters. The van der Waals surface area contributed by atoms with Crippen LogP contribution in [0.4, 0.5) is 0 Å². The van der Waals surface area contributed by atoms with Gasteiger partial charge in [-0.15, -0.1) is 4.40 Å². The lowest BCUT2D eigenvalue weighted by atomic mass is 10.1. The lowest BCUT2D eigenvalue weighted by Gasteiger charge is -2.30. The van der Waals surface area contributed by atoms with Crippen LogP contribution in [0.2, 0.25) is 0 Å². The van der Waals surface area contributed by atoms with Crippen LogP contribution in [0.25, 0.3) is 11.1 Å². The van der Waals surface area contributed by atoms with Crippen LogP contribution in [-0.4, -0.2) is 74.8 Å². The summed E-state index contributed by atoms with van der Waals surface area (Å²) in [6.45, 7) is 3.07. The number of para-hydroxylation sites is 2. The van der Waals surface area contributed by atoms with E-state index in [0.717, 1.165) is 0 Å². The summed E-state index contributed by atoms with van der Waals surface area (Å²) in [5.74, 6) is -1.00. The van der Waals surface area contributed by atoms with Crippen molar-refractivity contribution < 1.29 is 27.2 Å². The van der Waals surface area contributed by atoms with E-state index in [4.69, 9.17) is 9.15 Å². The van der Waals surface area contributed by atoms with Crippen LogP contribution < -0.4 is 10.6 Å². The Hall–Kier alpha value is -3.77. The maximum atomic E-state index is 12.9. The molecule has 2 N–H and O–H groups in total. The number of sulfonamides is 1. The molecule has 4 rings (SSSR count). The van der Waals surface area contributed by atoms with Gasteiger partial charge in [0.2, 0.25) is 17.6 Å². The molecule has 1 aliphatic rings. The van der Waals surface area contributed by atoms with Crippen molar-refractivity contribution in [2.45, 2.75) is 24.3 Å². The smallest absolute Gasteiger partial charge is 0.285 e. The van der Waals surface area contributed by atoms with Crippen LogP contribution in [0.3, 0.4) is 0 Å². The highest BCUT2D eigenvalue weighted by atomic mass is 32.2. The Labute approximate surface area is 208 Å². The van der Waals surface area contributed by atoms with Gasteiger partial charge < -0.3 is 24.7 Å². The van der Waals surface area contributed by atoms with Gasteiger partial charge in [-0.1, -0.05) is 37.3 Å². The Morgan fingerprint density at radius 3 is 2.47 bits per heavy atom. The number of hydrogen-bond donors (Lipinski definition) is 2. The van der Waals surface area contributed by atoms with Gasteiger partial charge in [-0.05, 0) is 30.7 Å². The summed E-state index contributed by atoms with van der Waals surface area (Å²) in [6, 6.07) is 14.0. The number of guanidine groups is 1. The number of carbonyl (C=O) groups is 2. The average molecular weight is 514 g/mol. The molecule has 1 saturated heterocycles. The number of oxazole rings is 1. The van der Waals surface area contributed by atoms with Crippen molar-refractivity contribution in [3.63, 3.8) is 0 Å². The third-order valence-corrected chi connectivity index (χ3v) is 6.81. The Morgan fingerprint density at radius 1 is 1.08 bits per heavy atom. The SMILES string of the molecule is CC[C@H](NC(=O)CN/C(=N/S(=O)(=O)c1ccccc1)N1CCOCC1)C(=O)c1nc2ccccc2o1. The predicted molar refractivity (Wildman–Crippen MR) is 132 cm³/mol. The summed E-state index contributed by atoms with van der Waals surface area (Å²) in [7, 11) is -4.01. The molecule has 2 heterocycles. The van der Waals surface area contributed by atoms with Gasteiger partial charge in [0.15, 0.2) is 5.58 Å². The summed E-state index contributed by atoms with van der Waals surface area (Å²) in [5.41, 5.74) is 1.03. The largest absolute Gasteiger partial charge is 0.434 e. The molecule has 0 aliphatic carbocycles. The summed E-state index contributed by atoms with van der Waals surface area (Å²) < 4.78 is 40.5. The topological polar surface area (TPSA) is 143 Å². The van der Waals surface area contributed by atoms with E-state index in [0.29, 0.717) is 43.8 Å². The number of benzene rings is 2. The van der Waals surface area contributed by atoms with Gasteiger partial charge in [-0.3, -0.25) is 9.59 Å². The Bertz CT molecular complexity index is 1320. The number of amides is 1. The zero-order chi connectivity index (χ0) is 25.5. The number of ketones is 1. The molecule has 1 aromatic heterocycles. The minimum absolute atomic E-state index is 0.0376. The van der Waals surface area contributed by atoms with E-state index < -0.39 is 27.8 Å². The number of nitrogens with one attached hydrogen (secondary N) is 2. The minimum atomic E-state index is -4.01. The number of aromatic nitrogens is 1. The van der Waals surface area contributed by atoms with Crippen molar-refractivity contribution in [3.8, 4) is 0 Å². The highest BCUT2D eigenvalue weighted by Gasteiger charge is 2.26. The van der Waals surface area contributed by atoms with Gasteiger partial charge in [0.1, 0.15) is 5.52 Å². The van der Waals surface area contributed by atoms with Crippen LogP contribution in [0.5, 0.6) is 0 Å². The number of ether oxygens (including phenoxy) is 1. The van der Waals surface area contributed by atoms with E-state index in [1.54, 1.807) is 54.3 Å². The third-order valence-electron chi connectivity index (χ3n) is 5.53. The van der Waals surface area contributed by atoms with Crippen LogP contribution >= 0.6 is 0 Å². The molecule has 0 saturated carbocycles.